The van der Waals surface area contributed by atoms with E-state index in [-0.39, 0.29) is 0 Å². The monoisotopic (exact) mass is 290 g/mol. The molecule has 0 fully saturated rings. The van der Waals surface area contributed by atoms with Crippen LogP contribution in [-0.2, 0) is 0 Å². The lowest BCUT2D eigenvalue weighted by Gasteiger charge is -2.03. The Morgan fingerprint density at radius 3 is 0.810 bits per heavy atom. The third-order valence-electron chi connectivity index (χ3n) is 4.62. The molecule has 0 N–H and O–H groups in total. The Kier molecular flexibility index (Phi) is 14.0. The molecule has 0 aromatic rings. The van der Waals surface area contributed by atoms with Crippen LogP contribution in [0.4, 0.5) is 0 Å². The van der Waals surface area contributed by atoms with Gasteiger partial charge < -0.3 is 0 Å². The van der Waals surface area contributed by atoms with E-state index in [0.29, 0.717) is 0 Å². The summed E-state index contributed by atoms with van der Waals surface area (Å²) in [5.74, 6) is 0. The van der Waals surface area contributed by atoms with E-state index in [0.717, 1.165) is 0 Å². The van der Waals surface area contributed by atoms with Crippen molar-refractivity contribution in [1.82, 2.24) is 0 Å². The molecule has 0 saturated carbocycles. The summed E-state index contributed by atoms with van der Waals surface area (Å²) in [6.45, 7) is 0. The van der Waals surface area contributed by atoms with E-state index in [9.17, 15) is 0 Å². The van der Waals surface area contributed by atoms with Crippen LogP contribution in [0.3, 0.4) is 0 Å². The maximum atomic E-state index is 2.35. The van der Waals surface area contributed by atoms with Crippen molar-refractivity contribution in [2.75, 3.05) is 0 Å². The molecule has 122 valence electrons. The van der Waals surface area contributed by atoms with Gasteiger partial charge in [-0.05, 0) is 25.7 Å². The second-order valence-electron chi connectivity index (χ2n) is 6.74. The molecule has 0 aromatic heterocycles. The van der Waals surface area contributed by atoms with Gasteiger partial charge in [-0.15, -0.1) is 0 Å². The summed E-state index contributed by atoms with van der Waals surface area (Å²) in [5.41, 5.74) is 0. The Morgan fingerprint density at radius 1 is 0.286 bits per heavy atom. The minimum atomic E-state index is 1.27. The average Bonchev–Trinajstić information content (AvgIpc) is 2.50. The van der Waals surface area contributed by atoms with Gasteiger partial charge in [0.2, 0.25) is 0 Å². The van der Waals surface area contributed by atoms with E-state index in [1.165, 1.54) is 109 Å². The molecule has 0 nitrogen and oxygen atoms in total. The highest BCUT2D eigenvalue weighted by Gasteiger charge is 1.94. The van der Waals surface area contributed by atoms with E-state index in [4.69, 9.17) is 0 Å². The number of hydrogen-bond donors (Lipinski definition) is 0. The topological polar surface area (TPSA) is 0 Å². The van der Waals surface area contributed by atoms with Crippen LogP contribution in [0.5, 0.6) is 0 Å². The summed E-state index contributed by atoms with van der Waals surface area (Å²) in [6, 6.07) is 0. The Balaban J connectivity index is 2.11. The van der Waals surface area contributed by atoms with Gasteiger partial charge >= 0.3 is 0 Å². The normalized spacial score (nSPS) is 25.5. The van der Waals surface area contributed by atoms with Gasteiger partial charge in [0.1, 0.15) is 0 Å². The van der Waals surface area contributed by atoms with Crippen molar-refractivity contribution in [1.29, 1.82) is 0 Å². The van der Waals surface area contributed by atoms with Crippen LogP contribution < -0.4 is 0 Å². The zero-order valence-electron chi connectivity index (χ0n) is 14.3. The molecule has 0 heterocycles. The molecule has 0 aromatic carbocycles. The minimum Gasteiger partial charge on any atom is -0.0845 e. The molecule has 0 heteroatoms. The summed E-state index contributed by atoms with van der Waals surface area (Å²) in [7, 11) is 0. The molecule has 0 radical (unpaired) electrons. The van der Waals surface area contributed by atoms with Crippen LogP contribution in [0.1, 0.15) is 109 Å². The van der Waals surface area contributed by atoms with Crippen LogP contribution in [0.15, 0.2) is 24.3 Å². The molecule has 1 aliphatic rings. The van der Waals surface area contributed by atoms with E-state index in [2.05, 4.69) is 24.3 Å². The summed E-state index contributed by atoms with van der Waals surface area (Å²) >= 11 is 0. The van der Waals surface area contributed by atoms with Gasteiger partial charge in [-0.3, -0.25) is 0 Å². The molecule has 0 unspecified atom stereocenters. The molecule has 0 bridgehead atoms. The van der Waals surface area contributed by atoms with Crippen LogP contribution >= 0.6 is 0 Å². The second kappa shape index (κ2) is 15.9. The molecular formula is C21H38. The first-order valence-corrected chi connectivity index (χ1v) is 9.82. The lowest BCUT2D eigenvalue weighted by atomic mass is 10.0. The maximum absolute atomic E-state index is 2.35. The molecular weight excluding hydrogens is 252 g/mol. The molecule has 21 heavy (non-hydrogen) atoms. The van der Waals surface area contributed by atoms with Crippen molar-refractivity contribution in [3.8, 4) is 0 Å². The van der Waals surface area contributed by atoms with Gasteiger partial charge in [0.25, 0.3) is 0 Å². The highest BCUT2D eigenvalue weighted by molar-refractivity contribution is 5.02. The first kappa shape index (κ1) is 18.5. The van der Waals surface area contributed by atoms with Crippen molar-refractivity contribution in [2.24, 2.45) is 0 Å². The van der Waals surface area contributed by atoms with Gasteiger partial charge in [-0.2, -0.15) is 0 Å². The molecule has 0 saturated heterocycles. The summed E-state index contributed by atoms with van der Waals surface area (Å²) in [4.78, 5) is 0. The van der Waals surface area contributed by atoms with Crippen LogP contribution in [-0.4, -0.2) is 0 Å². The number of rotatable bonds is 0. The molecule has 1 rings (SSSR count). The van der Waals surface area contributed by atoms with Gasteiger partial charge in [0.05, 0.1) is 0 Å². The van der Waals surface area contributed by atoms with E-state index in [1.54, 1.807) is 0 Å². The predicted octanol–water partition coefficient (Wildman–Crippen LogP) is 7.74. The van der Waals surface area contributed by atoms with Gasteiger partial charge in [-0.25, -0.2) is 0 Å². The molecule has 0 amide bonds. The fourth-order valence-corrected chi connectivity index (χ4v) is 3.17. The predicted molar refractivity (Wildman–Crippen MR) is 96.8 cm³/mol. The molecule has 0 atom stereocenters. The van der Waals surface area contributed by atoms with Crippen LogP contribution in [0, 0.1) is 0 Å². The van der Waals surface area contributed by atoms with E-state index >= 15 is 0 Å². The van der Waals surface area contributed by atoms with Gasteiger partial charge in [-0.1, -0.05) is 108 Å². The second-order valence-corrected chi connectivity index (χ2v) is 6.74. The van der Waals surface area contributed by atoms with Crippen molar-refractivity contribution in [3.05, 3.63) is 24.3 Å². The minimum absolute atomic E-state index is 1.27. The quantitative estimate of drug-likeness (QED) is 0.428. The zero-order chi connectivity index (χ0) is 14.8. The van der Waals surface area contributed by atoms with Gasteiger partial charge in [0, 0.05) is 0 Å². The summed E-state index contributed by atoms with van der Waals surface area (Å²) < 4.78 is 0. The van der Waals surface area contributed by atoms with E-state index < -0.39 is 0 Å². The SMILES string of the molecule is C1=C\CCCCCCCCCCCCCCCCC\C=C/1. The Bertz CT molecular complexity index is 223. The maximum Gasteiger partial charge on any atom is -0.0348 e. The van der Waals surface area contributed by atoms with Crippen molar-refractivity contribution >= 4 is 0 Å². The van der Waals surface area contributed by atoms with Crippen LogP contribution in [0.2, 0.25) is 0 Å². The highest BCUT2D eigenvalue weighted by Crippen LogP contribution is 2.14. The van der Waals surface area contributed by atoms with E-state index in [1.807, 2.05) is 0 Å². The Morgan fingerprint density at radius 2 is 0.524 bits per heavy atom. The first-order valence-electron chi connectivity index (χ1n) is 9.82. The number of hydrogen-bond acceptors (Lipinski definition) is 0. The first-order chi connectivity index (χ1) is 10.5. The van der Waals surface area contributed by atoms with Gasteiger partial charge in [0.15, 0.2) is 0 Å². The smallest absolute Gasteiger partial charge is 0.0348 e. The highest BCUT2D eigenvalue weighted by atomic mass is 14.0. The van der Waals surface area contributed by atoms with Crippen LogP contribution in [0.25, 0.3) is 0 Å². The third-order valence-corrected chi connectivity index (χ3v) is 4.62. The average molecular weight is 291 g/mol. The molecule has 0 aliphatic heterocycles. The van der Waals surface area contributed by atoms with Crippen molar-refractivity contribution < 1.29 is 0 Å². The van der Waals surface area contributed by atoms with Crippen molar-refractivity contribution in [3.63, 3.8) is 0 Å². The lowest BCUT2D eigenvalue weighted by Crippen LogP contribution is -1.83. The largest absolute Gasteiger partial charge is 0.0845 e. The van der Waals surface area contributed by atoms with Crippen molar-refractivity contribution in [2.45, 2.75) is 109 Å². The molecule has 1 aliphatic carbocycles. The number of allylic oxidation sites excluding steroid dienone is 4. The summed E-state index contributed by atoms with van der Waals surface area (Å²) in [6.07, 6.45) is 33.5. The fraction of sp³-hybridized carbons (Fsp3) is 0.810. The Labute approximate surface area is 134 Å². The fourth-order valence-electron chi connectivity index (χ4n) is 3.17. The third kappa shape index (κ3) is 14.2. The Hall–Kier alpha value is -0.520. The zero-order valence-corrected chi connectivity index (χ0v) is 14.3. The molecule has 0 spiro atoms. The standard InChI is InChI=1S/C21H38/c1-2-4-6-8-10-12-14-16-18-20-21-19-17-15-13-11-9-7-5-3-1/h1-4H,5-21H2/b3-1-,4-2-. The summed E-state index contributed by atoms with van der Waals surface area (Å²) in [5, 5.41) is 0. The lowest BCUT2D eigenvalue weighted by molar-refractivity contribution is 0.531.